The average molecular weight is 322 g/mol. The predicted molar refractivity (Wildman–Crippen MR) is 82.7 cm³/mol. The molecule has 2 N–H and O–H groups in total. The number of ether oxygens (including phenoxy) is 3. The molecule has 0 saturated heterocycles. The second-order valence-electron chi connectivity index (χ2n) is 4.14. The zero-order chi connectivity index (χ0) is 16.1. The second-order valence-corrected chi connectivity index (χ2v) is 5.20. The first-order valence-electron chi connectivity index (χ1n) is 6.19. The van der Waals surface area contributed by atoms with E-state index in [9.17, 15) is 9.59 Å². The number of carbonyl (C=O) groups is 2. The van der Waals surface area contributed by atoms with Crippen LogP contribution in [-0.4, -0.2) is 37.9 Å². The Morgan fingerprint density at radius 2 is 2.14 bits per heavy atom. The van der Waals surface area contributed by atoms with Crippen molar-refractivity contribution in [1.29, 1.82) is 0 Å². The van der Waals surface area contributed by atoms with Gasteiger partial charge in [-0.25, -0.2) is 4.79 Å². The maximum atomic E-state index is 11.6. The van der Waals surface area contributed by atoms with Crippen LogP contribution in [0.1, 0.15) is 5.56 Å². The third-order valence-electron chi connectivity index (χ3n) is 2.70. The lowest BCUT2D eigenvalue weighted by Gasteiger charge is -2.10. The summed E-state index contributed by atoms with van der Waals surface area (Å²) >= 11 is 1.11. The Morgan fingerprint density at radius 1 is 1.36 bits per heavy atom. The van der Waals surface area contributed by atoms with Gasteiger partial charge in [0.05, 0.1) is 19.1 Å². The van der Waals surface area contributed by atoms with Gasteiger partial charge >= 0.3 is 5.97 Å². The van der Waals surface area contributed by atoms with Gasteiger partial charge in [0.15, 0.2) is 23.3 Å². The lowest BCUT2D eigenvalue weighted by atomic mass is 10.2. The Bertz CT molecular complexity index is 669. The number of aliphatic imine (C=N–C) groups is 1. The highest BCUT2D eigenvalue weighted by Gasteiger charge is 2.19. The van der Waals surface area contributed by atoms with E-state index in [1.807, 2.05) is 0 Å². The van der Waals surface area contributed by atoms with E-state index < -0.39 is 5.97 Å². The van der Waals surface area contributed by atoms with E-state index in [1.165, 1.54) is 14.2 Å². The summed E-state index contributed by atoms with van der Waals surface area (Å²) < 4.78 is 15.0. The summed E-state index contributed by atoms with van der Waals surface area (Å²) in [5.41, 5.74) is 6.22. The van der Waals surface area contributed by atoms with Crippen molar-refractivity contribution >= 4 is 34.9 Å². The Balaban J connectivity index is 2.17. The fourth-order valence-electron chi connectivity index (χ4n) is 1.67. The van der Waals surface area contributed by atoms with Gasteiger partial charge < -0.3 is 19.9 Å². The molecule has 1 heterocycles. The largest absolute Gasteiger partial charge is 0.493 e. The van der Waals surface area contributed by atoms with Crippen LogP contribution in [-0.2, 0) is 14.3 Å². The summed E-state index contributed by atoms with van der Waals surface area (Å²) in [6.07, 6.45) is 1.66. The van der Waals surface area contributed by atoms with Gasteiger partial charge in [-0.1, -0.05) is 6.07 Å². The molecule has 0 unspecified atom stereocenters. The maximum absolute atomic E-state index is 11.6. The van der Waals surface area contributed by atoms with Crippen molar-refractivity contribution in [2.75, 3.05) is 20.8 Å². The summed E-state index contributed by atoms with van der Waals surface area (Å²) in [6, 6.07) is 5.05. The van der Waals surface area contributed by atoms with Crippen LogP contribution in [0.5, 0.6) is 11.5 Å². The minimum atomic E-state index is -0.492. The van der Waals surface area contributed by atoms with Gasteiger partial charge in [0.2, 0.25) is 0 Å². The standard InChI is InChI=1S/C14H14N2O5S/c1-19-10-5-8(6-11-13(18)16-14(15)22-11)3-4-9(10)21-7-12(17)20-2/h3-6H,7H2,1-2H3,(H2,15,16,18). The first kappa shape index (κ1) is 15.9. The van der Waals surface area contributed by atoms with Crippen molar-refractivity contribution < 1.29 is 23.8 Å². The number of nitrogens with zero attached hydrogens (tertiary/aromatic N) is 1. The maximum Gasteiger partial charge on any atom is 0.343 e. The van der Waals surface area contributed by atoms with Crippen LogP contribution in [0.3, 0.4) is 0 Å². The predicted octanol–water partition coefficient (Wildman–Crippen LogP) is 1.18. The zero-order valence-electron chi connectivity index (χ0n) is 12.0. The van der Waals surface area contributed by atoms with Crippen LogP contribution in [0, 0.1) is 0 Å². The number of nitrogens with two attached hydrogens (primary N) is 1. The van der Waals surface area contributed by atoms with Gasteiger partial charge in [-0.15, -0.1) is 0 Å². The Labute approximate surface area is 131 Å². The van der Waals surface area contributed by atoms with Crippen LogP contribution in [0.2, 0.25) is 0 Å². The normalized spacial score (nSPS) is 15.6. The summed E-state index contributed by atoms with van der Waals surface area (Å²) in [5, 5.41) is 0.223. The summed E-state index contributed by atoms with van der Waals surface area (Å²) in [5.74, 6) is -0.0277. The number of amides is 1. The third kappa shape index (κ3) is 3.79. The highest BCUT2D eigenvalue weighted by atomic mass is 32.2. The molecule has 1 amide bonds. The molecule has 0 spiro atoms. The molecule has 22 heavy (non-hydrogen) atoms. The molecule has 1 aromatic rings. The Morgan fingerprint density at radius 3 is 2.73 bits per heavy atom. The number of benzene rings is 1. The number of rotatable bonds is 5. The minimum Gasteiger partial charge on any atom is -0.493 e. The first-order valence-corrected chi connectivity index (χ1v) is 7.01. The number of carbonyl (C=O) groups excluding carboxylic acids is 2. The van der Waals surface area contributed by atoms with E-state index in [4.69, 9.17) is 15.2 Å². The summed E-state index contributed by atoms with van der Waals surface area (Å²) in [7, 11) is 2.76. The van der Waals surface area contributed by atoms with E-state index >= 15 is 0 Å². The van der Waals surface area contributed by atoms with E-state index in [0.29, 0.717) is 16.4 Å². The second kappa shape index (κ2) is 6.99. The number of hydrogen-bond donors (Lipinski definition) is 1. The molecular weight excluding hydrogens is 308 g/mol. The lowest BCUT2D eigenvalue weighted by molar-refractivity contribution is -0.142. The lowest BCUT2D eigenvalue weighted by Crippen LogP contribution is -2.12. The molecule has 0 saturated carbocycles. The average Bonchev–Trinajstić information content (AvgIpc) is 2.83. The molecular formula is C14H14N2O5S. The third-order valence-corrected chi connectivity index (χ3v) is 3.51. The smallest absolute Gasteiger partial charge is 0.343 e. The number of thioether (sulfide) groups is 1. The SMILES string of the molecule is COC(=O)COc1ccc(C=C2SC(N)=NC2=O)cc1OC. The number of amidine groups is 1. The number of hydrogen-bond acceptors (Lipinski definition) is 7. The summed E-state index contributed by atoms with van der Waals surface area (Å²) in [4.78, 5) is 26.7. The van der Waals surface area contributed by atoms with Gasteiger partial charge in [-0.3, -0.25) is 4.79 Å². The van der Waals surface area contributed by atoms with Crippen LogP contribution < -0.4 is 15.2 Å². The van der Waals surface area contributed by atoms with Crippen molar-refractivity contribution in [3.63, 3.8) is 0 Å². The Kier molecular flexibility index (Phi) is 5.05. The monoisotopic (exact) mass is 322 g/mol. The molecule has 0 bridgehead atoms. The minimum absolute atomic E-state index is 0.216. The van der Waals surface area contributed by atoms with Gasteiger partial charge in [0, 0.05) is 0 Å². The fraction of sp³-hybridized carbons (Fsp3) is 0.214. The molecule has 0 fully saturated rings. The number of esters is 1. The molecule has 0 aromatic heterocycles. The molecule has 0 atom stereocenters. The van der Waals surface area contributed by atoms with E-state index in [2.05, 4.69) is 9.73 Å². The molecule has 7 nitrogen and oxygen atoms in total. The quantitative estimate of drug-likeness (QED) is 0.641. The summed E-state index contributed by atoms with van der Waals surface area (Å²) in [6.45, 7) is -0.216. The highest BCUT2D eigenvalue weighted by molar-refractivity contribution is 8.18. The molecule has 8 heteroatoms. The molecule has 1 aliphatic heterocycles. The molecule has 116 valence electrons. The molecule has 1 aliphatic rings. The van der Waals surface area contributed by atoms with Gasteiger partial charge in [0.1, 0.15) is 0 Å². The van der Waals surface area contributed by atoms with Gasteiger partial charge in [-0.2, -0.15) is 4.99 Å². The number of methoxy groups -OCH3 is 2. The van der Waals surface area contributed by atoms with Gasteiger partial charge in [-0.05, 0) is 35.5 Å². The van der Waals surface area contributed by atoms with Crippen molar-refractivity contribution in [3.8, 4) is 11.5 Å². The van der Waals surface area contributed by atoms with Crippen LogP contribution in [0.25, 0.3) is 6.08 Å². The van der Waals surface area contributed by atoms with Crippen molar-refractivity contribution in [2.24, 2.45) is 10.7 Å². The molecule has 1 aromatic carbocycles. The Hall–Kier alpha value is -2.48. The fourth-order valence-corrected chi connectivity index (χ4v) is 2.35. The molecule has 2 rings (SSSR count). The topological polar surface area (TPSA) is 100 Å². The van der Waals surface area contributed by atoms with Crippen LogP contribution in [0.15, 0.2) is 28.1 Å². The molecule has 0 aliphatic carbocycles. The zero-order valence-corrected chi connectivity index (χ0v) is 12.8. The van der Waals surface area contributed by atoms with Crippen molar-refractivity contribution in [1.82, 2.24) is 0 Å². The van der Waals surface area contributed by atoms with Crippen molar-refractivity contribution in [2.45, 2.75) is 0 Å². The molecule has 0 radical (unpaired) electrons. The van der Waals surface area contributed by atoms with E-state index in [-0.39, 0.29) is 17.7 Å². The van der Waals surface area contributed by atoms with E-state index in [0.717, 1.165) is 17.3 Å². The van der Waals surface area contributed by atoms with Crippen LogP contribution >= 0.6 is 11.8 Å². The highest BCUT2D eigenvalue weighted by Crippen LogP contribution is 2.31. The first-order chi connectivity index (χ1) is 10.5. The van der Waals surface area contributed by atoms with Crippen LogP contribution in [0.4, 0.5) is 0 Å². The van der Waals surface area contributed by atoms with Crippen molar-refractivity contribution in [3.05, 3.63) is 28.7 Å². The van der Waals surface area contributed by atoms with E-state index in [1.54, 1.807) is 24.3 Å². The van der Waals surface area contributed by atoms with Gasteiger partial charge in [0.25, 0.3) is 5.91 Å².